The molecule has 0 saturated heterocycles. The molecule has 158 valence electrons. The van der Waals surface area contributed by atoms with Crippen LogP contribution in [0.25, 0.3) is 0 Å². The van der Waals surface area contributed by atoms with Crippen molar-refractivity contribution in [2.45, 2.75) is 26.8 Å². The maximum atomic E-state index is 13.6. The Morgan fingerprint density at radius 2 is 1.62 bits per heavy atom. The molecule has 2 aromatic carbocycles. The Hall–Kier alpha value is -2.23. The van der Waals surface area contributed by atoms with Gasteiger partial charge in [-0.1, -0.05) is 24.3 Å². The first-order chi connectivity index (χ1) is 13.5. The zero-order valence-electron chi connectivity index (χ0n) is 16.6. The molecule has 1 amide bonds. The molecule has 2 aromatic rings. The molecule has 0 aliphatic carbocycles. The van der Waals surface area contributed by atoms with Gasteiger partial charge in [-0.25, -0.2) is 13.8 Å². The zero-order chi connectivity index (χ0) is 20.4. The molecule has 0 aliphatic heterocycles. The largest absolute Gasteiger partial charge is 0.357 e. The van der Waals surface area contributed by atoms with Crippen LogP contribution in [0.1, 0.15) is 23.6 Å². The molecule has 5 nitrogen and oxygen atoms in total. The lowest BCUT2D eigenvalue weighted by atomic mass is 10.1. The average Bonchev–Trinajstić information content (AvgIpc) is 2.67. The Morgan fingerprint density at radius 1 is 0.966 bits per heavy atom. The van der Waals surface area contributed by atoms with Crippen LogP contribution in [0.5, 0.6) is 0 Å². The first-order valence-corrected chi connectivity index (χ1v) is 9.26. The second-order valence-electron chi connectivity index (χ2n) is 6.36. The highest BCUT2D eigenvalue weighted by molar-refractivity contribution is 14.0. The summed E-state index contributed by atoms with van der Waals surface area (Å²) in [5, 5.41) is 9.04. The van der Waals surface area contributed by atoms with Gasteiger partial charge < -0.3 is 16.0 Å². The first-order valence-electron chi connectivity index (χ1n) is 9.26. The quantitative estimate of drug-likeness (QED) is 0.219. The Labute approximate surface area is 187 Å². The minimum atomic E-state index is -0.322. The number of hydrogen-bond acceptors (Lipinski definition) is 2. The van der Waals surface area contributed by atoms with Crippen LogP contribution in [0.4, 0.5) is 8.78 Å². The van der Waals surface area contributed by atoms with Crippen molar-refractivity contribution in [3.8, 4) is 0 Å². The number of aryl methyl sites for hydroxylation is 1. The van der Waals surface area contributed by atoms with Crippen LogP contribution in [0.2, 0.25) is 0 Å². The molecular formula is C21H27F2IN4O. The van der Waals surface area contributed by atoms with Gasteiger partial charge in [-0.2, -0.15) is 0 Å². The molecule has 0 spiro atoms. The van der Waals surface area contributed by atoms with E-state index in [0.717, 1.165) is 11.1 Å². The number of rotatable bonds is 8. The molecule has 0 aliphatic rings. The monoisotopic (exact) mass is 516 g/mol. The third kappa shape index (κ3) is 9.21. The number of carbonyl (C=O) groups is 1. The molecule has 8 heteroatoms. The summed E-state index contributed by atoms with van der Waals surface area (Å²) in [5.74, 6) is -0.103. The van der Waals surface area contributed by atoms with E-state index in [1.165, 1.54) is 18.2 Å². The van der Waals surface area contributed by atoms with E-state index in [1.807, 2.05) is 13.0 Å². The van der Waals surface area contributed by atoms with Crippen LogP contribution >= 0.6 is 24.0 Å². The van der Waals surface area contributed by atoms with Gasteiger partial charge in [-0.15, -0.1) is 24.0 Å². The number of benzene rings is 2. The van der Waals surface area contributed by atoms with E-state index in [-0.39, 0.29) is 47.9 Å². The van der Waals surface area contributed by atoms with Crippen LogP contribution < -0.4 is 16.0 Å². The average molecular weight is 516 g/mol. The normalized spacial score (nSPS) is 10.8. The lowest BCUT2D eigenvalue weighted by molar-refractivity contribution is -0.120. The lowest BCUT2D eigenvalue weighted by Gasteiger charge is -2.12. The van der Waals surface area contributed by atoms with Gasteiger partial charge in [-0.3, -0.25) is 4.79 Å². The number of carbonyl (C=O) groups excluding carboxylic acids is 1. The fraction of sp³-hybridized carbons (Fsp3) is 0.333. The zero-order valence-corrected chi connectivity index (χ0v) is 18.9. The van der Waals surface area contributed by atoms with Crippen LogP contribution in [-0.2, 0) is 17.8 Å². The number of halogens is 3. The van der Waals surface area contributed by atoms with E-state index in [1.54, 1.807) is 25.1 Å². The first kappa shape index (κ1) is 24.8. The molecule has 0 aromatic heterocycles. The lowest BCUT2D eigenvalue weighted by Crippen LogP contribution is -2.41. The number of nitrogens with one attached hydrogen (secondary N) is 3. The molecule has 3 N–H and O–H groups in total. The summed E-state index contributed by atoms with van der Waals surface area (Å²) in [5.41, 5.74) is 2.15. The van der Waals surface area contributed by atoms with E-state index in [9.17, 15) is 13.6 Å². The van der Waals surface area contributed by atoms with Crippen molar-refractivity contribution in [3.63, 3.8) is 0 Å². The Balaban J connectivity index is 0.00000420. The molecular weight excluding hydrogens is 489 g/mol. The second-order valence-corrected chi connectivity index (χ2v) is 6.36. The molecule has 0 heterocycles. The molecule has 29 heavy (non-hydrogen) atoms. The van der Waals surface area contributed by atoms with E-state index < -0.39 is 0 Å². The van der Waals surface area contributed by atoms with Crippen molar-refractivity contribution >= 4 is 35.8 Å². The summed E-state index contributed by atoms with van der Waals surface area (Å²) in [6.07, 6.45) is 0.202. The van der Waals surface area contributed by atoms with Gasteiger partial charge in [-0.05, 0) is 48.7 Å². The highest BCUT2D eigenvalue weighted by atomic mass is 127. The standard InChI is InChI=1S/C21H26F2N4O.HI/c1-3-24-21(27-14-17-5-4-15(2)19(23)12-17)26-11-10-25-20(28)13-16-6-8-18(22)9-7-16;/h4-9,12H,3,10-11,13-14H2,1-2H3,(H,25,28)(H2,24,26,27);1H. The minimum absolute atomic E-state index is 0. The van der Waals surface area contributed by atoms with E-state index in [4.69, 9.17) is 0 Å². The van der Waals surface area contributed by atoms with Gasteiger partial charge in [0, 0.05) is 19.6 Å². The highest BCUT2D eigenvalue weighted by Gasteiger charge is 2.04. The summed E-state index contributed by atoms with van der Waals surface area (Å²) in [6, 6.07) is 10.9. The Morgan fingerprint density at radius 3 is 2.28 bits per heavy atom. The van der Waals surface area contributed by atoms with Gasteiger partial charge >= 0.3 is 0 Å². The molecule has 0 bridgehead atoms. The summed E-state index contributed by atoms with van der Waals surface area (Å²) in [6.45, 7) is 5.62. The number of guanidine groups is 1. The topological polar surface area (TPSA) is 65.5 Å². The van der Waals surface area contributed by atoms with E-state index in [0.29, 0.717) is 37.7 Å². The molecule has 0 fully saturated rings. The summed E-state index contributed by atoms with van der Waals surface area (Å²) in [7, 11) is 0. The number of amides is 1. The fourth-order valence-corrected chi connectivity index (χ4v) is 2.48. The van der Waals surface area contributed by atoms with Gasteiger partial charge in [0.05, 0.1) is 13.0 Å². The maximum Gasteiger partial charge on any atom is 0.224 e. The van der Waals surface area contributed by atoms with Crippen LogP contribution in [0.15, 0.2) is 47.5 Å². The van der Waals surface area contributed by atoms with E-state index in [2.05, 4.69) is 20.9 Å². The van der Waals surface area contributed by atoms with Crippen molar-refractivity contribution in [3.05, 3.63) is 70.8 Å². The minimum Gasteiger partial charge on any atom is -0.357 e. The third-order valence-corrected chi connectivity index (χ3v) is 4.02. The smallest absolute Gasteiger partial charge is 0.224 e. The van der Waals surface area contributed by atoms with Gasteiger partial charge in [0.2, 0.25) is 5.91 Å². The SMILES string of the molecule is CCNC(=NCc1ccc(C)c(F)c1)NCCNC(=O)Cc1ccc(F)cc1.I. The van der Waals surface area contributed by atoms with E-state index >= 15 is 0 Å². The molecule has 0 saturated carbocycles. The molecule has 0 unspecified atom stereocenters. The fourth-order valence-electron chi connectivity index (χ4n) is 2.48. The second kappa shape index (κ2) is 13.1. The van der Waals surface area contributed by atoms with Crippen molar-refractivity contribution in [1.29, 1.82) is 0 Å². The predicted octanol–water partition coefficient (Wildman–Crippen LogP) is 3.31. The number of hydrogen-bond donors (Lipinski definition) is 3. The van der Waals surface area contributed by atoms with Crippen molar-refractivity contribution in [1.82, 2.24) is 16.0 Å². The van der Waals surface area contributed by atoms with Crippen molar-refractivity contribution in [2.24, 2.45) is 4.99 Å². The van der Waals surface area contributed by atoms with Crippen LogP contribution in [0.3, 0.4) is 0 Å². The van der Waals surface area contributed by atoms with Crippen LogP contribution in [0, 0.1) is 18.6 Å². The highest BCUT2D eigenvalue weighted by Crippen LogP contribution is 2.10. The summed E-state index contributed by atoms with van der Waals surface area (Å²) in [4.78, 5) is 16.4. The number of aliphatic imine (C=N–C) groups is 1. The number of nitrogens with zero attached hydrogens (tertiary/aromatic N) is 1. The Bertz CT molecular complexity index is 813. The predicted molar refractivity (Wildman–Crippen MR) is 122 cm³/mol. The van der Waals surface area contributed by atoms with Crippen LogP contribution in [-0.4, -0.2) is 31.5 Å². The Kier molecular flexibility index (Phi) is 11.2. The van der Waals surface area contributed by atoms with Crippen molar-refractivity contribution in [2.75, 3.05) is 19.6 Å². The summed E-state index contributed by atoms with van der Waals surface area (Å²) >= 11 is 0. The summed E-state index contributed by atoms with van der Waals surface area (Å²) < 4.78 is 26.5. The van der Waals surface area contributed by atoms with Gasteiger partial charge in [0.15, 0.2) is 5.96 Å². The molecule has 0 atom stereocenters. The third-order valence-electron chi connectivity index (χ3n) is 4.02. The van der Waals surface area contributed by atoms with Gasteiger partial charge in [0.25, 0.3) is 0 Å². The molecule has 2 rings (SSSR count). The maximum absolute atomic E-state index is 13.6. The van der Waals surface area contributed by atoms with Crippen molar-refractivity contribution < 1.29 is 13.6 Å². The molecule has 0 radical (unpaired) electrons. The van der Waals surface area contributed by atoms with Gasteiger partial charge in [0.1, 0.15) is 11.6 Å².